The summed E-state index contributed by atoms with van der Waals surface area (Å²) in [4.78, 5) is 9.51. The summed E-state index contributed by atoms with van der Waals surface area (Å²) in [5.74, 6) is 1.63. The van der Waals surface area contributed by atoms with Crippen LogP contribution in [0.2, 0.25) is 0 Å². The van der Waals surface area contributed by atoms with E-state index >= 15 is 0 Å². The van der Waals surface area contributed by atoms with E-state index in [4.69, 9.17) is 11.6 Å². The fourth-order valence-corrected chi connectivity index (χ4v) is 2.77. The maximum atomic E-state index is 5.87. The van der Waals surface area contributed by atoms with Crippen molar-refractivity contribution in [1.29, 1.82) is 0 Å². The Bertz CT molecular complexity index is 408. The number of likely N-dealkylation sites (N-methyl/N-ethyl adjacent to an activating group) is 1. The first kappa shape index (κ1) is 13.6. The van der Waals surface area contributed by atoms with E-state index in [2.05, 4.69) is 40.9 Å². The molecule has 0 radical (unpaired) electrons. The average Bonchev–Trinajstić information content (AvgIpc) is 2.39. The molecule has 0 saturated carbocycles. The van der Waals surface area contributed by atoms with Crippen molar-refractivity contribution in [2.75, 3.05) is 31.6 Å². The smallest absolute Gasteiger partial charge is 0.128 e. The van der Waals surface area contributed by atoms with Gasteiger partial charge in [-0.3, -0.25) is 4.90 Å². The van der Waals surface area contributed by atoms with Crippen molar-refractivity contribution in [2.24, 2.45) is 0 Å². The number of piperazine rings is 1. The molecule has 2 heterocycles. The summed E-state index contributed by atoms with van der Waals surface area (Å²) in [5, 5.41) is 0. The second kappa shape index (κ2) is 5.89. The van der Waals surface area contributed by atoms with Crippen LogP contribution in [0.3, 0.4) is 0 Å². The van der Waals surface area contributed by atoms with Gasteiger partial charge in [-0.05, 0) is 32.0 Å². The van der Waals surface area contributed by atoms with Gasteiger partial charge < -0.3 is 4.90 Å². The maximum Gasteiger partial charge on any atom is 0.128 e. The average molecular weight is 268 g/mol. The molecule has 0 bridgehead atoms. The van der Waals surface area contributed by atoms with Gasteiger partial charge in [0.25, 0.3) is 0 Å². The van der Waals surface area contributed by atoms with E-state index in [1.807, 2.05) is 6.92 Å². The lowest BCUT2D eigenvalue weighted by Crippen LogP contribution is -2.51. The van der Waals surface area contributed by atoms with Crippen LogP contribution >= 0.6 is 11.6 Å². The number of alkyl halides is 1. The van der Waals surface area contributed by atoms with Crippen molar-refractivity contribution in [3.8, 4) is 0 Å². The molecule has 2 rings (SSSR count). The summed E-state index contributed by atoms with van der Waals surface area (Å²) >= 11 is 5.87. The minimum Gasteiger partial charge on any atom is -0.354 e. The highest BCUT2D eigenvalue weighted by Crippen LogP contribution is 2.20. The monoisotopic (exact) mass is 267 g/mol. The van der Waals surface area contributed by atoms with Crippen molar-refractivity contribution >= 4 is 17.4 Å². The summed E-state index contributed by atoms with van der Waals surface area (Å²) in [5.41, 5.74) is 2.18. The molecule has 0 spiro atoms. The van der Waals surface area contributed by atoms with E-state index in [0.717, 1.165) is 36.7 Å². The molecule has 1 aliphatic heterocycles. The molecular formula is C14H22ClN3. The zero-order valence-electron chi connectivity index (χ0n) is 11.5. The lowest BCUT2D eigenvalue weighted by Gasteiger charge is -2.39. The third-order valence-corrected chi connectivity index (χ3v) is 4.18. The standard InChI is InChI=1S/C14H22ClN3/c1-4-13-10-18(8-7-17(13)3)14-6-5-12(9-15)11(2)16-14/h5-6,13H,4,7-10H2,1-3H3. The van der Waals surface area contributed by atoms with Crippen LogP contribution in [0.15, 0.2) is 12.1 Å². The van der Waals surface area contributed by atoms with Gasteiger partial charge in [0.1, 0.15) is 5.82 Å². The first-order chi connectivity index (χ1) is 8.65. The SMILES string of the molecule is CCC1CN(c2ccc(CCl)c(C)n2)CCN1C. The number of aromatic nitrogens is 1. The van der Waals surface area contributed by atoms with E-state index in [0.29, 0.717) is 11.9 Å². The lowest BCUT2D eigenvalue weighted by atomic mass is 10.1. The number of nitrogens with zero attached hydrogens (tertiary/aromatic N) is 3. The highest BCUT2D eigenvalue weighted by atomic mass is 35.5. The van der Waals surface area contributed by atoms with Crippen molar-refractivity contribution < 1.29 is 0 Å². The Hall–Kier alpha value is -0.800. The van der Waals surface area contributed by atoms with Gasteiger partial charge in [-0.2, -0.15) is 0 Å². The van der Waals surface area contributed by atoms with Crippen LogP contribution < -0.4 is 4.90 Å². The minimum atomic E-state index is 0.541. The van der Waals surface area contributed by atoms with Gasteiger partial charge in [-0.25, -0.2) is 4.98 Å². The Labute approximate surface area is 115 Å². The van der Waals surface area contributed by atoms with E-state index in [9.17, 15) is 0 Å². The minimum absolute atomic E-state index is 0.541. The molecule has 1 aliphatic rings. The normalized spacial score (nSPS) is 21.3. The maximum absolute atomic E-state index is 5.87. The molecular weight excluding hydrogens is 246 g/mol. The number of rotatable bonds is 3. The Kier molecular flexibility index (Phi) is 4.46. The van der Waals surface area contributed by atoms with Crippen LogP contribution in [-0.2, 0) is 5.88 Å². The number of hydrogen-bond donors (Lipinski definition) is 0. The molecule has 3 nitrogen and oxygen atoms in total. The molecule has 4 heteroatoms. The molecule has 1 unspecified atom stereocenters. The van der Waals surface area contributed by atoms with Crippen molar-refractivity contribution in [1.82, 2.24) is 9.88 Å². The van der Waals surface area contributed by atoms with Crippen LogP contribution in [0.4, 0.5) is 5.82 Å². The number of pyridine rings is 1. The van der Waals surface area contributed by atoms with Gasteiger partial charge in [0.15, 0.2) is 0 Å². The summed E-state index contributed by atoms with van der Waals surface area (Å²) in [6.45, 7) is 7.52. The van der Waals surface area contributed by atoms with Gasteiger partial charge in [0, 0.05) is 37.3 Å². The Morgan fingerprint density at radius 2 is 2.17 bits per heavy atom. The van der Waals surface area contributed by atoms with Crippen LogP contribution in [0.25, 0.3) is 0 Å². The first-order valence-corrected chi connectivity index (χ1v) is 7.16. The molecule has 1 aromatic heterocycles. The number of anilines is 1. The van der Waals surface area contributed by atoms with Gasteiger partial charge in [-0.1, -0.05) is 13.0 Å². The fraction of sp³-hybridized carbons (Fsp3) is 0.643. The molecule has 1 fully saturated rings. The van der Waals surface area contributed by atoms with Gasteiger partial charge in [-0.15, -0.1) is 11.6 Å². The molecule has 0 amide bonds. The van der Waals surface area contributed by atoms with E-state index in [1.165, 1.54) is 6.42 Å². The summed E-state index contributed by atoms with van der Waals surface area (Å²) in [6.07, 6.45) is 1.19. The summed E-state index contributed by atoms with van der Waals surface area (Å²) in [6, 6.07) is 4.83. The predicted molar refractivity (Wildman–Crippen MR) is 77.5 cm³/mol. The Morgan fingerprint density at radius 1 is 1.39 bits per heavy atom. The van der Waals surface area contributed by atoms with Gasteiger partial charge >= 0.3 is 0 Å². The van der Waals surface area contributed by atoms with Crippen molar-refractivity contribution in [3.63, 3.8) is 0 Å². The number of aryl methyl sites for hydroxylation is 1. The lowest BCUT2D eigenvalue weighted by molar-refractivity contribution is 0.213. The van der Waals surface area contributed by atoms with Crippen LogP contribution in [-0.4, -0.2) is 42.6 Å². The van der Waals surface area contributed by atoms with Crippen molar-refractivity contribution in [2.45, 2.75) is 32.2 Å². The van der Waals surface area contributed by atoms with Crippen LogP contribution in [0.1, 0.15) is 24.6 Å². The summed E-state index contributed by atoms with van der Waals surface area (Å²) in [7, 11) is 2.21. The Balaban J connectivity index is 2.14. The topological polar surface area (TPSA) is 19.4 Å². The molecule has 1 aromatic rings. The van der Waals surface area contributed by atoms with E-state index in [-0.39, 0.29) is 0 Å². The number of halogens is 1. The van der Waals surface area contributed by atoms with Gasteiger partial charge in [0.05, 0.1) is 0 Å². The molecule has 100 valence electrons. The van der Waals surface area contributed by atoms with Crippen molar-refractivity contribution in [3.05, 3.63) is 23.4 Å². The van der Waals surface area contributed by atoms with Crippen LogP contribution in [0.5, 0.6) is 0 Å². The molecule has 0 aromatic carbocycles. The second-order valence-electron chi connectivity index (χ2n) is 5.04. The third-order valence-electron chi connectivity index (χ3n) is 3.90. The third kappa shape index (κ3) is 2.78. The van der Waals surface area contributed by atoms with E-state index < -0.39 is 0 Å². The van der Waals surface area contributed by atoms with Gasteiger partial charge in [0.2, 0.25) is 0 Å². The predicted octanol–water partition coefficient (Wildman–Crippen LogP) is 2.66. The zero-order chi connectivity index (χ0) is 13.1. The molecule has 1 atom stereocenters. The number of hydrogen-bond acceptors (Lipinski definition) is 3. The first-order valence-electron chi connectivity index (χ1n) is 6.63. The largest absolute Gasteiger partial charge is 0.354 e. The quantitative estimate of drug-likeness (QED) is 0.785. The highest BCUT2D eigenvalue weighted by Gasteiger charge is 2.23. The highest BCUT2D eigenvalue weighted by molar-refractivity contribution is 6.17. The Morgan fingerprint density at radius 3 is 2.78 bits per heavy atom. The second-order valence-corrected chi connectivity index (χ2v) is 5.30. The molecule has 1 saturated heterocycles. The molecule has 18 heavy (non-hydrogen) atoms. The summed E-state index contributed by atoms with van der Waals surface area (Å²) < 4.78 is 0. The van der Waals surface area contributed by atoms with Crippen LogP contribution in [0, 0.1) is 6.92 Å². The fourth-order valence-electron chi connectivity index (χ4n) is 2.49. The molecule has 0 aliphatic carbocycles. The molecule has 0 N–H and O–H groups in total. The zero-order valence-corrected chi connectivity index (χ0v) is 12.2. The van der Waals surface area contributed by atoms with E-state index in [1.54, 1.807) is 0 Å².